The third kappa shape index (κ3) is 3.23. The smallest absolute Gasteiger partial charge is 0.337 e. The standard InChI is InChI=1S/C10H12O5/c11-5-6-15-9(10(13)14)7-1-3-8(12)4-2-7/h1-4,9,11-12H,5-6H2,(H,13,14). The minimum absolute atomic E-state index is 0.0438. The van der Waals surface area contributed by atoms with Crippen molar-refractivity contribution in [1.29, 1.82) is 0 Å². The maximum absolute atomic E-state index is 10.8. The van der Waals surface area contributed by atoms with Crippen LogP contribution in [0.3, 0.4) is 0 Å². The van der Waals surface area contributed by atoms with Crippen molar-refractivity contribution < 1.29 is 24.9 Å². The van der Waals surface area contributed by atoms with Crippen LogP contribution >= 0.6 is 0 Å². The normalized spacial score (nSPS) is 12.3. The van der Waals surface area contributed by atoms with Gasteiger partial charge in [-0.2, -0.15) is 0 Å². The maximum Gasteiger partial charge on any atom is 0.337 e. The molecule has 1 aromatic rings. The van der Waals surface area contributed by atoms with Gasteiger partial charge in [-0.25, -0.2) is 4.79 Å². The summed E-state index contributed by atoms with van der Waals surface area (Å²) in [7, 11) is 0. The summed E-state index contributed by atoms with van der Waals surface area (Å²) < 4.78 is 4.95. The van der Waals surface area contributed by atoms with Gasteiger partial charge in [0.15, 0.2) is 6.10 Å². The lowest BCUT2D eigenvalue weighted by molar-refractivity contribution is -0.151. The van der Waals surface area contributed by atoms with Gasteiger partial charge < -0.3 is 20.1 Å². The molecule has 0 amide bonds. The van der Waals surface area contributed by atoms with Crippen LogP contribution in [0, 0.1) is 0 Å². The molecule has 5 nitrogen and oxygen atoms in total. The Morgan fingerprint density at radius 1 is 1.33 bits per heavy atom. The summed E-state index contributed by atoms with van der Waals surface area (Å²) in [6.07, 6.45) is -1.11. The molecule has 0 heterocycles. The average molecular weight is 212 g/mol. The number of carboxylic acids is 1. The number of carbonyl (C=O) groups is 1. The van der Waals surface area contributed by atoms with E-state index in [4.69, 9.17) is 20.1 Å². The number of ether oxygens (including phenoxy) is 1. The molecule has 0 spiro atoms. The molecule has 1 atom stereocenters. The van der Waals surface area contributed by atoms with Crippen molar-refractivity contribution in [3.8, 4) is 5.75 Å². The van der Waals surface area contributed by atoms with Crippen LogP contribution in [0.5, 0.6) is 5.75 Å². The lowest BCUT2D eigenvalue weighted by Gasteiger charge is -2.12. The number of hydrogen-bond donors (Lipinski definition) is 3. The molecule has 15 heavy (non-hydrogen) atoms. The highest BCUT2D eigenvalue weighted by Gasteiger charge is 2.19. The second-order valence-corrected chi connectivity index (χ2v) is 2.90. The highest BCUT2D eigenvalue weighted by molar-refractivity contribution is 5.74. The van der Waals surface area contributed by atoms with Gasteiger partial charge in [0.1, 0.15) is 5.75 Å². The molecule has 0 bridgehead atoms. The summed E-state index contributed by atoms with van der Waals surface area (Å²) in [5, 5.41) is 26.4. The van der Waals surface area contributed by atoms with E-state index in [1.807, 2.05) is 0 Å². The van der Waals surface area contributed by atoms with E-state index in [1.165, 1.54) is 24.3 Å². The topological polar surface area (TPSA) is 87.0 Å². The minimum atomic E-state index is -1.13. The molecule has 0 radical (unpaired) electrons. The van der Waals surface area contributed by atoms with Gasteiger partial charge in [-0.1, -0.05) is 12.1 Å². The van der Waals surface area contributed by atoms with Crippen molar-refractivity contribution in [3.63, 3.8) is 0 Å². The van der Waals surface area contributed by atoms with Crippen LogP contribution in [0.1, 0.15) is 11.7 Å². The van der Waals surface area contributed by atoms with Crippen LogP contribution in [0.15, 0.2) is 24.3 Å². The Morgan fingerprint density at radius 2 is 1.93 bits per heavy atom. The number of aromatic hydroxyl groups is 1. The van der Waals surface area contributed by atoms with Gasteiger partial charge in [0.25, 0.3) is 0 Å². The van der Waals surface area contributed by atoms with Crippen molar-refractivity contribution in [2.75, 3.05) is 13.2 Å². The van der Waals surface area contributed by atoms with Crippen molar-refractivity contribution in [3.05, 3.63) is 29.8 Å². The molecule has 82 valence electrons. The van der Waals surface area contributed by atoms with E-state index >= 15 is 0 Å². The largest absolute Gasteiger partial charge is 0.508 e. The van der Waals surface area contributed by atoms with Crippen LogP contribution in [0.4, 0.5) is 0 Å². The van der Waals surface area contributed by atoms with E-state index in [2.05, 4.69) is 0 Å². The molecular weight excluding hydrogens is 200 g/mol. The van der Waals surface area contributed by atoms with E-state index in [0.717, 1.165) is 0 Å². The zero-order chi connectivity index (χ0) is 11.3. The lowest BCUT2D eigenvalue weighted by Crippen LogP contribution is -2.17. The second kappa shape index (κ2) is 5.33. The first-order valence-corrected chi connectivity index (χ1v) is 4.39. The molecule has 0 fully saturated rings. The molecule has 1 aromatic carbocycles. The van der Waals surface area contributed by atoms with Gasteiger partial charge in [0, 0.05) is 0 Å². The van der Waals surface area contributed by atoms with E-state index in [0.29, 0.717) is 5.56 Å². The number of aliphatic hydroxyl groups excluding tert-OH is 1. The zero-order valence-electron chi connectivity index (χ0n) is 7.96. The average Bonchev–Trinajstić information content (AvgIpc) is 2.21. The maximum atomic E-state index is 10.8. The summed E-state index contributed by atoms with van der Waals surface area (Å²) >= 11 is 0. The molecule has 0 aliphatic carbocycles. The highest BCUT2D eigenvalue weighted by atomic mass is 16.5. The molecular formula is C10H12O5. The summed E-state index contributed by atoms with van der Waals surface area (Å²) in [4.78, 5) is 10.8. The SMILES string of the molecule is O=C(O)C(OCCO)c1ccc(O)cc1. The fourth-order valence-corrected chi connectivity index (χ4v) is 1.13. The summed E-state index contributed by atoms with van der Waals surface area (Å²) in [6, 6.07) is 5.69. The first kappa shape index (κ1) is 11.5. The number of carboxylic acid groups (broad SMARTS) is 1. The lowest BCUT2D eigenvalue weighted by atomic mass is 10.1. The monoisotopic (exact) mass is 212 g/mol. The van der Waals surface area contributed by atoms with E-state index in [9.17, 15) is 4.79 Å². The Morgan fingerprint density at radius 3 is 2.40 bits per heavy atom. The third-order valence-electron chi connectivity index (χ3n) is 1.80. The van der Waals surface area contributed by atoms with Crippen LogP contribution < -0.4 is 0 Å². The van der Waals surface area contributed by atoms with Gasteiger partial charge >= 0.3 is 5.97 Å². The van der Waals surface area contributed by atoms with E-state index in [-0.39, 0.29) is 19.0 Å². The Kier molecular flexibility index (Phi) is 4.08. The number of aliphatic carboxylic acids is 1. The molecule has 5 heteroatoms. The van der Waals surface area contributed by atoms with Crippen LogP contribution in [0.25, 0.3) is 0 Å². The second-order valence-electron chi connectivity index (χ2n) is 2.90. The predicted octanol–water partition coefficient (Wildman–Crippen LogP) is 0.527. The quantitative estimate of drug-likeness (QED) is 0.662. The van der Waals surface area contributed by atoms with E-state index < -0.39 is 12.1 Å². The molecule has 1 unspecified atom stereocenters. The van der Waals surface area contributed by atoms with Crippen molar-refractivity contribution >= 4 is 5.97 Å². The highest BCUT2D eigenvalue weighted by Crippen LogP contribution is 2.20. The van der Waals surface area contributed by atoms with Crippen LogP contribution in [0.2, 0.25) is 0 Å². The molecule has 0 saturated carbocycles. The number of hydrogen-bond acceptors (Lipinski definition) is 4. The summed E-state index contributed by atoms with van der Waals surface area (Å²) in [5.41, 5.74) is 0.425. The molecule has 1 rings (SSSR count). The predicted molar refractivity (Wildman–Crippen MR) is 51.5 cm³/mol. The van der Waals surface area contributed by atoms with E-state index in [1.54, 1.807) is 0 Å². The fraction of sp³-hybridized carbons (Fsp3) is 0.300. The number of rotatable bonds is 5. The van der Waals surface area contributed by atoms with Gasteiger partial charge in [0.05, 0.1) is 13.2 Å². The molecule has 0 aliphatic heterocycles. The van der Waals surface area contributed by atoms with Gasteiger partial charge in [0.2, 0.25) is 0 Å². The third-order valence-corrected chi connectivity index (χ3v) is 1.80. The number of phenolic OH excluding ortho intramolecular Hbond substituents is 1. The first-order chi connectivity index (χ1) is 7.15. The Hall–Kier alpha value is -1.59. The zero-order valence-corrected chi connectivity index (χ0v) is 7.96. The first-order valence-electron chi connectivity index (χ1n) is 4.39. The van der Waals surface area contributed by atoms with Crippen molar-refractivity contribution in [1.82, 2.24) is 0 Å². The van der Waals surface area contributed by atoms with Crippen molar-refractivity contribution in [2.45, 2.75) is 6.10 Å². The number of phenols is 1. The van der Waals surface area contributed by atoms with Gasteiger partial charge in [-0.3, -0.25) is 0 Å². The molecule has 0 aliphatic rings. The van der Waals surface area contributed by atoms with Crippen LogP contribution in [-0.2, 0) is 9.53 Å². The van der Waals surface area contributed by atoms with Gasteiger partial charge in [-0.05, 0) is 17.7 Å². The van der Waals surface area contributed by atoms with Crippen molar-refractivity contribution in [2.24, 2.45) is 0 Å². The fourth-order valence-electron chi connectivity index (χ4n) is 1.13. The van der Waals surface area contributed by atoms with Crippen LogP contribution in [-0.4, -0.2) is 34.5 Å². The molecule has 0 aromatic heterocycles. The Bertz CT molecular complexity index is 319. The summed E-state index contributed by atoms with van der Waals surface area (Å²) in [6.45, 7) is -0.278. The number of benzene rings is 1. The molecule has 3 N–H and O–H groups in total. The summed E-state index contributed by atoms with van der Waals surface area (Å²) in [5.74, 6) is -1.07. The Balaban J connectivity index is 2.79. The van der Waals surface area contributed by atoms with Gasteiger partial charge in [-0.15, -0.1) is 0 Å². The Labute approximate surface area is 86.5 Å². The molecule has 0 saturated heterocycles. The minimum Gasteiger partial charge on any atom is -0.508 e. The number of aliphatic hydroxyl groups is 1.